The van der Waals surface area contributed by atoms with Gasteiger partial charge < -0.3 is 0 Å². The Hall–Kier alpha value is -0.350. The normalized spacial score (nSPS) is 12.0. The van der Waals surface area contributed by atoms with Gasteiger partial charge in [0.25, 0.3) is 0 Å². The summed E-state index contributed by atoms with van der Waals surface area (Å²) in [6.07, 6.45) is 1.89. The summed E-state index contributed by atoms with van der Waals surface area (Å²) in [5.74, 6) is 1.44. The molecular formula is C10H13NOS3. The molecule has 1 rings (SSSR count). The van der Waals surface area contributed by atoms with Crippen LogP contribution in [0.4, 0.5) is 0 Å². The van der Waals surface area contributed by atoms with Crippen LogP contribution in [0.1, 0.15) is 17.7 Å². The lowest BCUT2D eigenvalue weighted by Gasteiger charge is -1.98. The first-order chi connectivity index (χ1) is 7.33. The van der Waals surface area contributed by atoms with E-state index in [1.807, 2.05) is 17.5 Å². The van der Waals surface area contributed by atoms with Crippen molar-refractivity contribution in [2.45, 2.75) is 18.6 Å². The maximum Gasteiger partial charge on any atom is 0.0584 e. The van der Waals surface area contributed by atoms with Crippen LogP contribution in [-0.2, 0) is 16.6 Å². The lowest BCUT2D eigenvalue weighted by Crippen LogP contribution is -2.00. The summed E-state index contributed by atoms with van der Waals surface area (Å²) in [4.78, 5) is 5.01. The Morgan fingerprint density at radius 1 is 1.53 bits per heavy atom. The minimum Gasteiger partial charge on any atom is -0.259 e. The SMILES string of the molecule is O=S(CCCCN=C=S)Cc1cccs1. The van der Waals surface area contributed by atoms with E-state index in [0.29, 0.717) is 12.3 Å². The van der Waals surface area contributed by atoms with Gasteiger partial charge in [0.1, 0.15) is 0 Å². The average Bonchev–Trinajstić information content (AvgIpc) is 2.70. The van der Waals surface area contributed by atoms with Gasteiger partial charge in [-0.15, -0.1) is 11.3 Å². The third-order valence-corrected chi connectivity index (χ3v) is 4.41. The van der Waals surface area contributed by atoms with Crippen LogP contribution >= 0.6 is 23.6 Å². The van der Waals surface area contributed by atoms with Crippen molar-refractivity contribution in [3.8, 4) is 0 Å². The van der Waals surface area contributed by atoms with Crippen molar-refractivity contribution in [2.24, 2.45) is 4.99 Å². The second-order valence-electron chi connectivity index (χ2n) is 3.05. The number of aliphatic imine (C=N–C) groups is 1. The van der Waals surface area contributed by atoms with E-state index < -0.39 is 10.8 Å². The standard InChI is InChI=1S/C10H13NOS3/c12-15(7-2-1-5-11-9-13)8-10-4-3-6-14-10/h3-4,6H,1-2,5,7-8H2. The van der Waals surface area contributed by atoms with Crippen molar-refractivity contribution in [2.75, 3.05) is 12.3 Å². The summed E-state index contributed by atoms with van der Waals surface area (Å²) < 4.78 is 11.6. The monoisotopic (exact) mass is 259 g/mol. The number of hydrogen-bond acceptors (Lipinski definition) is 4. The molecule has 0 amide bonds. The number of rotatable bonds is 7. The molecule has 0 saturated carbocycles. The summed E-state index contributed by atoms with van der Waals surface area (Å²) in [5.41, 5.74) is 0. The number of hydrogen-bond donors (Lipinski definition) is 0. The van der Waals surface area contributed by atoms with Crippen LogP contribution in [0, 0.1) is 0 Å². The fourth-order valence-electron chi connectivity index (χ4n) is 1.13. The van der Waals surface area contributed by atoms with Crippen molar-refractivity contribution in [1.29, 1.82) is 0 Å². The van der Waals surface area contributed by atoms with Gasteiger partial charge in [0, 0.05) is 28.0 Å². The third kappa shape index (κ3) is 5.95. The minimum absolute atomic E-state index is 0.689. The Morgan fingerprint density at radius 2 is 2.40 bits per heavy atom. The van der Waals surface area contributed by atoms with E-state index in [4.69, 9.17) is 0 Å². The van der Waals surface area contributed by atoms with Gasteiger partial charge in [-0.05, 0) is 36.5 Å². The molecule has 0 bridgehead atoms. The smallest absolute Gasteiger partial charge is 0.0584 e. The molecule has 1 aromatic rings. The molecule has 82 valence electrons. The molecule has 0 radical (unpaired) electrons. The Bertz CT molecular complexity index is 342. The van der Waals surface area contributed by atoms with Gasteiger partial charge in [0.05, 0.1) is 10.9 Å². The van der Waals surface area contributed by atoms with Crippen LogP contribution in [-0.4, -0.2) is 21.7 Å². The number of unbranched alkanes of at least 4 members (excludes halogenated alkanes) is 1. The molecule has 1 heterocycles. The summed E-state index contributed by atoms with van der Waals surface area (Å²) >= 11 is 6.12. The van der Waals surface area contributed by atoms with Gasteiger partial charge in [-0.3, -0.25) is 4.21 Å². The first-order valence-corrected chi connectivity index (χ1v) is 7.51. The van der Waals surface area contributed by atoms with E-state index in [1.165, 1.54) is 4.88 Å². The van der Waals surface area contributed by atoms with Crippen LogP contribution in [0.5, 0.6) is 0 Å². The molecular weight excluding hydrogens is 246 g/mol. The van der Waals surface area contributed by atoms with Crippen molar-refractivity contribution >= 4 is 39.5 Å². The molecule has 0 aliphatic heterocycles. The fraction of sp³-hybridized carbons (Fsp3) is 0.500. The maximum absolute atomic E-state index is 11.6. The molecule has 1 unspecified atom stereocenters. The van der Waals surface area contributed by atoms with Crippen molar-refractivity contribution < 1.29 is 4.21 Å². The second-order valence-corrected chi connectivity index (χ2v) is 5.84. The zero-order valence-corrected chi connectivity index (χ0v) is 10.8. The van der Waals surface area contributed by atoms with E-state index in [9.17, 15) is 4.21 Å². The lowest BCUT2D eigenvalue weighted by atomic mass is 10.3. The highest BCUT2D eigenvalue weighted by molar-refractivity contribution is 7.84. The number of nitrogens with zero attached hydrogens (tertiary/aromatic N) is 1. The first-order valence-electron chi connectivity index (χ1n) is 4.74. The molecule has 15 heavy (non-hydrogen) atoms. The highest BCUT2D eigenvalue weighted by Crippen LogP contribution is 2.11. The molecule has 0 spiro atoms. The Balaban J connectivity index is 2.11. The van der Waals surface area contributed by atoms with Crippen LogP contribution in [0.15, 0.2) is 22.5 Å². The molecule has 0 N–H and O–H groups in total. The highest BCUT2D eigenvalue weighted by Gasteiger charge is 2.01. The van der Waals surface area contributed by atoms with Crippen molar-refractivity contribution in [3.05, 3.63) is 22.4 Å². The maximum atomic E-state index is 11.6. The predicted molar refractivity (Wildman–Crippen MR) is 70.2 cm³/mol. The second kappa shape index (κ2) is 7.88. The van der Waals surface area contributed by atoms with Crippen molar-refractivity contribution in [1.82, 2.24) is 0 Å². The summed E-state index contributed by atoms with van der Waals surface area (Å²) in [7, 11) is -0.733. The van der Waals surface area contributed by atoms with E-state index in [0.717, 1.165) is 18.6 Å². The molecule has 0 aromatic carbocycles. The largest absolute Gasteiger partial charge is 0.259 e. The Kier molecular flexibility index (Phi) is 6.68. The van der Waals surface area contributed by atoms with Gasteiger partial charge in [0.15, 0.2) is 0 Å². The van der Waals surface area contributed by atoms with Crippen molar-refractivity contribution in [3.63, 3.8) is 0 Å². The molecule has 1 atom stereocenters. The summed E-state index contributed by atoms with van der Waals surface area (Å²) in [6, 6.07) is 4.02. The van der Waals surface area contributed by atoms with E-state index in [2.05, 4.69) is 22.4 Å². The van der Waals surface area contributed by atoms with E-state index >= 15 is 0 Å². The minimum atomic E-state index is -0.733. The van der Waals surface area contributed by atoms with Gasteiger partial charge in [-0.2, -0.15) is 0 Å². The summed E-state index contributed by atoms with van der Waals surface area (Å²) in [6.45, 7) is 0.708. The lowest BCUT2D eigenvalue weighted by molar-refractivity contribution is 0.678. The first kappa shape index (κ1) is 12.7. The van der Waals surface area contributed by atoms with Crippen LogP contribution < -0.4 is 0 Å². The number of thiophene rings is 1. The van der Waals surface area contributed by atoms with E-state index in [1.54, 1.807) is 11.3 Å². The fourth-order valence-corrected chi connectivity index (χ4v) is 3.46. The summed E-state index contributed by atoms with van der Waals surface area (Å²) in [5, 5.41) is 4.34. The average molecular weight is 259 g/mol. The Morgan fingerprint density at radius 3 is 3.07 bits per heavy atom. The van der Waals surface area contributed by atoms with Crippen LogP contribution in [0.25, 0.3) is 0 Å². The molecule has 2 nitrogen and oxygen atoms in total. The van der Waals surface area contributed by atoms with E-state index in [-0.39, 0.29) is 0 Å². The predicted octanol–water partition coefficient (Wildman–Crippen LogP) is 2.88. The quantitative estimate of drug-likeness (QED) is 0.428. The molecule has 0 saturated heterocycles. The van der Waals surface area contributed by atoms with Gasteiger partial charge in [-0.1, -0.05) is 6.07 Å². The molecule has 1 aromatic heterocycles. The van der Waals surface area contributed by atoms with Crippen LogP contribution in [0.3, 0.4) is 0 Å². The third-order valence-electron chi connectivity index (χ3n) is 1.84. The zero-order valence-electron chi connectivity index (χ0n) is 8.35. The van der Waals surface area contributed by atoms with Gasteiger partial charge in [-0.25, -0.2) is 4.99 Å². The number of thiocarbonyl (C=S) groups is 1. The Labute approximate surface area is 102 Å². The topological polar surface area (TPSA) is 29.4 Å². The highest BCUT2D eigenvalue weighted by atomic mass is 32.2. The van der Waals surface area contributed by atoms with Gasteiger partial charge in [0.2, 0.25) is 0 Å². The van der Waals surface area contributed by atoms with Crippen LogP contribution in [0.2, 0.25) is 0 Å². The zero-order chi connectivity index (χ0) is 10.9. The van der Waals surface area contributed by atoms with Gasteiger partial charge >= 0.3 is 0 Å². The molecule has 0 aliphatic carbocycles. The molecule has 5 heteroatoms. The number of isothiocyanates is 1. The molecule has 0 aliphatic rings. The molecule has 0 fully saturated rings.